The fraction of sp³-hybridized carbons (Fsp3) is 0.462. The monoisotopic (exact) mass is 265 g/mol. The molecule has 1 N–H and O–H groups in total. The van der Waals surface area contributed by atoms with Crippen LogP contribution in [-0.4, -0.2) is 28.6 Å². The van der Waals surface area contributed by atoms with Crippen LogP contribution in [0.25, 0.3) is 0 Å². The van der Waals surface area contributed by atoms with Gasteiger partial charge in [-0.3, -0.25) is 0 Å². The predicted molar refractivity (Wildman–Crippen MR) is 73.3 cm³/mol. The molecule has 0 saturated carbocycles. The summed E-state index contributed by atoms with van der Waals surface area (Å²) in [5.41, 5.74) is 0.802. The van der Waals surface area contributed by atoms with Crippen molar-refractivity contribution in [2.75, 3.05) is 13.2 Å². The molecule has 0 aromatic carbocycles. The zero-order chi connectivity index (χ0) is 14.5. The van der Waals surface area contributed by atoms with Crippen LogP contribution in [0.1, 0.15) is 20.8 Å². The summed E-state index contributed by atoms with van der Waals surface area (Å²) < 4.78 is 5.38. The molecule has 0 unspecified atom stereocenters. The van der Waals surface area contributed by atoms with E-state index in [4.69, 9.17) is 4.74 Å². The van der Waals surface area contributed by atoms with Gasteiger partial charge in [-0.05, 0) is 48.4 Å². The molecule has 0 fully saturated rings. The van der Waals surface area contributed by atoms with E-state index in [1.165, 1.54) is 12.3 Å². The molecule has 1 heterocycles. The molecule has 0 aliphatic heterocycles. The molecule has 1 aromatic heterocycles. The quantitative estimate of drug-likeness (QED) is 0.485. The molecule has 0 spiro atoms. The van der Waals surface area contributed by atoms with E-state index >= 15 is 0 Å². The van der Waals surface area contributed by atoms with E-state index < -0.39 is 4.92 Å². The van der Waals surface area contributed by atoms with E-state index in [-0.39, 0.29) is 23.7 Å². The summed E-state index contributed by atoms with van der Waals surface area (Å²) in [4.78, 5) is 13.9. The highest BCUT2D eigenvalue weighted by Crippen LogP contribution is 2.23. The predicted octanol–water partition coefficient (Wildman–Crippen LogP) is 2.31. The molecule has 0 saturated heterocycles. The van der Waals surface area contributed by atoms with Crippen molar-refractivity contribution in [3.63, 3.8) is 0 Å². The molecule has 0 aliphatic carbocycles. The van der Waals surface area contributed by atoms with Crippen molar-refractivity contribution in [3.8, 4) is 5.75 Å². The average Bonchev–Trinajstić information content (AvgIpc) is 2.33. The molecule has 1 rings (SSSR count). The molecule has 6 nitrogen and oxygen atoms in total. The van der Waals surface area contributed by atoms with E-state index in [9.17, 15) is 10.1 Å². The first kappa shape index (κ1) is 15.1. The van der Waals surface area contributed by atoms with Crippen molar-refractivity contribution in [2.45, 2.75) is 26.3 Å². The summed E-state index contributed by atoms with van der Waals surface area (Å²) in [5, 5.41) is 14.0. The lowest BCUT2D eigenvalue weighted by Gasteiger charge is -2.21. The second-order valence-corrected chi connectivity index (χ2v) is 5.22. The summed E-state index contributed by atoms with van der Waals surface area (Å²) in [6, 6.07) is 3.12. The SMILES string of the molecule is C=C(CNC(C)(C)C)COc1cccnc1[N+](=O)[O-]. The highest BCUT2D eigenvalue weighted by atomic mass is 16.6. The summed E-state index contributed by atoms with van der Waals surface area (Å²) in [7, 11) is 0. The van der Waals surface area contributed by atoms with Crippen molar-refractivity contribution in [1.82, 2.24) is 10.3 Å². The van der Waals surface area contributed by atoms with E-state index in [2.05, 4.69) is 16.9 Å². The standard InChI is InChI=1S/C13H19N3O3/c1-10(8-15-13(2,3)4)9-19-11-6-5-7-14-12(11)16(17)18/h5-7,15H,1,8-9H2,2-4H3. The Kier molecular flexibility index (Phi) is 5.00. The van der Waals surface area contributed by atoms with Gasteiger partial charge in [-0.25, -0.2) is 0 Å². The Morgan fingerprint density at radius 3 is 2.84 bits per heavy atom. The summed E-state index contributed by atoms with van der Waals surface area (Å²) >= 11 is 0. The van der Waals surface area contributed by atoms with Gasteiger partial charge in [0, 0.05) is 12.1 Å². The van der Waals surface area contributed by atoms with Crippen LogP contribution >= 0.6 is 0 Å². The van der Waals surface area contributed by atoms with Crippen LogP contribution in [0.2, 0.25) is 0 Å². The van der Waals surface area contributed by atoms with Crippen LogP contribution in [0, 0.1) is 10.1 Å². The summed E-state index contributed by atoms with van der Waals surface area (Å²) in [5.74, 6) is -0.122. The fourth-order valence-electron chi connectivity index (χ4n) is 1.25. The molecule has 0 radical (unpaired) electrons. The molecule has 6 heteroatoms. The molecule has 0 bridgehead atoms. The number of nitrogens with zero attached hydrogens (tertiary/aromatic N) is 2. The lowest BCUT2D eigenvalue weighted by Crippen LogP contribution is -2.37. The lowest BCUT2D eigenvalue weighted by molar-refractivity contribution is -0.390. The Balaban J connectivity index is 2.53. The van der Waals surface area contributed by atoms with Gasteiger partial charge in [0.1, 0.15) is 12.8 Å². The molecular weight excluding hydrogens is 246 g/mol. The molecule has 0 aliphatic rings. The Bertz CT molecular complexity index is 466. The molecule has 0 amide bonds. The number of ether oxygens (including phenoxy) is 1. The molecule has 1 aromatic rings. The Hall–Kier alpha value is -1.95. The third-order valence-corrected chi connectivity index (χ3v) is 2.22. The minimum absolute atomic E-state index is 0.0107. The molecular formula is C13H19N3O3. The van der Waals surface area contributed by atoms with Gasteiger partial charge < -0.3 is 20.2 Å². The number of nitro groups is 1. The van der Waals surface area contributed by atoms with Gasteiger partial charge >= 0.3 is 5.82 Å². The van der Waals surface area contributed by atoms with Crippen LogP contribution in [0.15, 0.2) is 30.5 Å². The minimum atomic E-state index is -0.564. The maximum Gasteiger partial charge on any atom is 0.406 e. The number of aromatic nitrogens is 1. The number of hydrogen-bond acceptors (Lipinski definition) is 5. The summed E-state index contributed by atoms with van der Waals surface area (Å²) in [6.07, 6.45) is 1.36. The van der Waals surface area contributed by atoms with Gasteiger partial charge in [-0.15, -0.1) is 0 Å². The van der Waals surface area contributed by atoms with E-state index in [1.807, 2.05) is 20.8 Å². The Morgan fingerprint density at radius 2 is 2.26 bits per heavy atom. The highest BCUT2D eigenvalue weighted by Gasteiger charge is 2.16. The van der Waals surface area contributed by atoms with Crippen LogP contribution in [0.4, 0.5) is 5.82 Å². The van der Waals surface area contributed by atoms with E-state index in [0.717, 1.165) is 5.57 Å². The number of hydrogen-bond donors (Lipinski definition) is 1. The molecule has 19 heavy (non-hydrogen) atoms. The lowest BCUT2D eigenvalue weighted by atomic mass is 10.1. The second kappa shape index (κ2) is 6.29. The first-order chi connectivity index (χ1) is 8.79. The zero-order valence-corrected chi connectivity index (χ0v) is 11.5. The third-order valence-electron chi connectivity index (χ3n) is 2.22. The first-order valence-corrected chi connectivity index (χ1v) is 5.93. The third kappa shape index (κ3) is 5.48. The van der Waals surface area contributed by atoms with Crippen LogP contribution in [-0.2, 0) is 0 Å². The molecule has 104 valence electrons. The van der Waals surface area contributed by atoms with Crippen molar-refractivity contribution in [3.05, 3.63) is 40.6 Å². The fourth-order valence-corrected chi connectivity index (χ4v) is 1.25. The maximum absolute atomic E-state index is 10.8. The minimum Gasteiger partial charge on any atom is -0.481 e. The second-order valence-electron chi connectivity index (χ2n) is 5.22. The van der Waals surface area contributed by atoms with Crippen molar-refractivity contribution >= 4 is 5.82 Å². The van der Waals surface area contributed by atoms with Gasteiger partial charge in [0.15, 0.2) is 0 Å². The maximum atomic E-state index is 10.8. The van der Waals surface area contributed by atoms with Gasteiger partial charge in [-0.1, -0.05) is 6.58 Å². The number of pyridine rings is 1. The van der Waals surface area contributed by atoms with Gasteiger partial charge in [0.25, 0.3) is 0 Å². The largest absolute Gasteiger partial charge is 0.481 e. The van der Waals surface area contributed by atoms with Crippen LogP contribution in [0.3, 0.4) is 0 Å². The molecule has 0 atom stereocenters. The van der Waals surface area contributed by atoms with Crippen molar-refractivity contribution in [1.29, 1.82) is 0 Å². The normalized spacial score (nSPS) is 11.1. The first-order valence-electron chi connectivity index (χ1n) is 5.93. The van der Waals surface area contributed by atoms with Crippen molar-refractivity contribution in [2.24, 2.45) is 0 Å². The summed E-state index contributed by atoms with van der Waals surface area (Å²) in [6.45, 7) is 10.8. The van der Waals surface area contributed by atoms with Crippen LogP contribution in [0.5, 0.6) is 5.75 Å². The zero-order valence-electron chi connectivity index (χ0n) is 11.5. The average molecular weight is 265 g/mol. The van der Waals surface area contributed by atoms with Gasteiger partial charge in [0.2, 0.25) is 5.75 Å². The smallest absolute Gasteiger partial charge is 0.406 e. The van der Waals surface area contributed by atoms with E-state index in [1.54, 1.807) is 6.07 Å². The number of nitrogens with one attached hydrogen (secondary N) is 1. The Labute approximate surface area is 112 Å². The Morgan fingerprint density at radius 1 is 1.58 bits per heavy atom. The highest BCUT2D eigenvalue weighted by molar-refractivity contribution is 5.38. The van der Waals surface area contributed by atoms with E-state index in [0.29, 0.717) is 6.54 Å². The topological polar surface area (TPSA) is 77.3 Å². The van der Waals surface area contributed by atoms with Crippen molar-refractivity contribution < 1.29 is 9.66 Å². The van der Waals surface area contributed by atoms with Crippen LogP contribution < -0.4 is 10.1 Å². The number of rotatable bonds is 6. The van der Waals surface area contributed by atoms with Gasteiger partial charge in [-0.2, -0.15) is 0 Å². The van der Waals surface area contributed by atoms with Gasteiger partial charge in [0.05, 0.1) is 0 Å².